The predicted octanol–water partition coefficient (Wildman–Crippen LogP) is 2.10. The Kier molecular flexibility index (Phi) is 5.85. The largest absolute Gasteiger partial charge is 0.384 e. The zero-order valence-corrected chi connectivity index (χ0v) is 15.8. The van der Waals surface area contributed by atoms with Crippen LogP contribution in [0.4, 0.5) is 0 Å². The SMILES string of the molecule is COCC1(CNS(=O)(=O)c2csc(-c3ccccc3)n2)CCNCC1. The van der Waals surface area contributed by atoms with Crippen LogP contribution in [0.25, 0.3) is 10.6 Å². The highest BCUT2D eigenvalue weighted by molar-refractivity contribution is 7.89. The van der Waals surface area contributed by atoms with Crippen molar-refractivity contribution in [2.24, 2.45) is 5.41 Å². The molecular formula is C17H23N3O3S2. The lowest BCUT2D eigenvalue weighted by molar-refractivity contribution is 0.0577. The van der Waals surface area contributed by atoms with Crippen LogP contribution >= 0.6 is 11.3 Å². The van der Waals surface area contributed by atoms with Gasteiger partial charge in [0.05, 0.1) is 6.61 Å². The molecule has 0 atom stereocenters. The molecule has 1 aromatic carbocycles. The first-order valence-electron chi connectivity index (χ1n) is 8.25. The van der Waals surface area contributed by atoms with Crippen LogP contribution in [0.3, 0.4) is 0 Å². The van der Waals surface area contributed by atoms with Gasteiger partial charge in [-0.15, -0.1) is 11.3 Å². The number of piperidine rings is 1. The van der Waals surface area contributed by atoms with Crippen molar-refractivity contribution >= 4 is 21.4 Å². The van der Waals surface area contributed by atoms with Gasteiger partial charge < -0.3 is 10.1 Å². The molecule has 2 N–H and O–H groups in total. The molecule has 136 valence electrons. The topological polar surface area (TPSA) is 80.3 Å². The molecule has 3 rings (SSSR count). The van der Waals surface area contributed by atoms with Gasteiger partial charge in [0.25, 0.3) is 10.0 Å². The van der Waals surface area contributed by atoms with Crippen LogP contribution in [-0.4, -0.2) is 46.8 Å². The van der Waals surface area contributed by atoms with Gasteiger partial charge in [0, 0.05) is 30.0 Å². The summed E-state index contributed by atoms with van der Waals surface area (Å²) in [6.45, 7) is 2.66. The molecule has 0 radical (unpaired) electrons. The average Bonchev–Trinajstić information content (AvgIpc) is 3.13. The molecule has 0 amide bonds. The van der Waals surface area contributed by atoms with E-state index in [1.807, 2.05) is 30.3 Å². The zero-order valence-electron chi connectivity index (χ0n) is 14.2. The minimum absolute atomic E-state index is 0.0813. The van der Waals surface area contributed by atoms with Gasteiger partial charge in [-0.25, -0.2) is 18.1 Å². The molecule has 6 nitrogen and oxygen atoms in total. The molecule has 1 aliphatic heterocycles. The minimum atomic E-state index is -3.63. The van der Waals surface area contributed by atoms with Gasteiger partial charge in [-0.05, 0) is 25.9 Å². The van der Waals surface area contributed by atoms with E-state index < -0.39 is 10.0 Å². The fraction of sp³-hybridized carbons (Fsp3) is 0.471. The van der Waals surface area contributed by atoms with Crippen molar-refractivity contribution in [3.8, 4) is 10.6 Å². The van der Waals surface area contributed by atoms with E-state index in [-0.39, 0.29) is 10.4 Å². The van der Waals surface area contributed by atoms with Gasteiger partial charge in [-0.1, -0.05) is 30.3 Å². The zero-order chi connectivity index (χ0) is 17.8. The number of sulfonamides is 1. The first kappa shape index (κ1) is 18.5. The Labute approximate surface area is 152 Å². The highest BCUT2D eigenvalue weighted by Gasteiger charge is 2.34. The molecule has 2 heterocycles. The quantitative estimate of drug-likeness (QED) is 0.768. The van der Waals surface area contributed by atoms with E-state index in [4.69, 9.17) is 4.74 Å². The lowest BCUT2D eigenvalue weighted by Crippen LogP contribution is -2.47. The second kappa shape index (κ2) is 7.92. The number of methoxy groups -OCH3 is 1. The number of benzene rings is 1. The summed E-state index contributed by atoms with van der Waals surface area (Å²) in [4.78, 5) is 4.31. The molecule has 1 aliphatic rings. The van der Waals surface area contributed by atoms with Crippen molar-refractivity contribution in [3.63, 3.8) is 0 Å². The van der Waals surface area contributed by atoms with Crippen LogP contribution in [0.5, 0.6) is 0 Å². The Morgan fingerprint density at radius 3 is 2.68 bits per heavy atom. The van der Waals surface area contributed by atoms with E-state index in [1.165, 1.54) is 11.3 Å². The van der Waals surface area contributed by atoms with Crippen molar-refractivity contribution < 1.29 is 13.2 Å². The summed E-state index contributed by atoms with van der Waals surface area (Å²) in [6.07, 6.45) is 1.77. The first-order chi connectivity index (χ1) is 12.0. The fourth-order valence-electron chi connectivity index (χ4n) is 3.05. The second-order valence-electron chi connectivity index (χ2n) is 6.36. The molecule has 0 aliphatic carbocycles. The summed E-state index contributed by atoms with van der Waals surface area (Å²) in [5, 5.41) is 5.68. The maximum atomic E-state index is 12.6. The highest BCUT2D eigenvalue weighted by atomic mass is 32.2. The molecule has 1 aromatic heterocycles. The molecule has 0 spiro atoms. The van der Waals surface area contributed by atoms with Crippen LogP contribution in [0.2, 0.25) is 0 Å². The maximum Gasteiger partial charge on any atom is 0.258 e. The number of aromatic nitrogens is 1. The third kappa shape index (κ3) is 4.45. The number of nitrogens with zero attached hydrogens (tertiary/aromatic N) is 1. The lowest BCUT2D eigenvalue weighted by Gasteiger charge is -2.37. The van der Waals surface area contributed by atoms with Crippen LogP contribution in [0.15, 0.2) is 40.7 Å². The molecule has 1 saturated heterocycles. The summed E-state index contributed by atoms with van der Waals surface area (Å²) in [7, 11) is -1.97. The number of ether oxygens (including phenoxy) is 1. The summed E-state index contributed by atoms with van der Waals surface area (Å²) in [5.74, 6) is 0. The van der Waals surface area contributed by atoms with E-state index in [9.17, 15) is 8.42 Å². The van der Waals surface area contributed by atoms with Gasteiger partial charge in [-0.3, -0.25) is 0 Å². The summed E-state index contributed by atoms with van der Waals surface area (Å²) < 4.78 is 33.4. The van der Waals surface area contributed by atoms with Crippen molar-refractivity contribution in [1.29, 1.82) is 0 Å². The normalized spacial score (nSPS) is 17.5. The summed E-state index contributed by atoms with van der Waals surface area (Å²) in [5.41, 5.74) is 0.758. The van der Waals surface area contributed by atoms with Gasteiger partial charge in [0.15, 0.2) is 5.03 Å². The summed E-state index contributed by atoms with van der Waals surface area (Å²) >= 11 is 1.34. The lowest BCUT2D eigenvalue weighted by atomic mass is 9.80. The number of hydrogen-bond acceptors (Lipinski definition) is 6. The molecule has 8 heteroatoms. The van der Waals surface area contributed by atoms with E-state index >= 15 is 0 Å². The number of thiazole rings is 1. The molecule has 0 bridgehead atoms. The Balaban J connectivity index is 1.72. The third-order valence-corrected chi connectivity index (χ3v) is 6.86. The van der Waals surface area contributed by atoms with Crippen molar-refractivity contribution in [1.82, 2.24) is 15.0 Å². The van der Waals surface area contributed by atoms with E-state index in [2.05, 4.69) is 15.0 Å². The van der Waals surface area contributed by atoms with Gasteiger partial charge in [-0.2, -0.15) is 0 Å². The van der Waals surface area contributed by atoms with E-state index in [1.54, 1.807) is 12.5 Å². The predicted molar refractivity (Wildman–Crippen MR) is 99.2 cm³/mol. The van der Waals surface area contributed by atoms with Crippen LogP contribution in [0.1, 0.15) is 12.8 Å². The molecule has 0 saturated carbocycles. The van der Waals surface area contributed by atoms with E-state index in [0.717, 1.165) is 31.5 Å². The Bertz CT molecular complexity index is 779. The molecular weight excluding hydrogens is 358 g/mol. The van der Waals surface area contributed by atoms with Crippen molar-refractivity contribution in [2.75, 3.05) is 33.4 Å². The number of hydrogen-bond donors (Lipinski definition) is 2. The number of nitrogens with one attached hydrogen (secondary N) is 2. The van der Waals surface area contributed by atoms with E-state index in [0.29, 0.717) is 18.2 Å². The standard InChI is InChI=1S/C17H23N3O3S2/c1-23-13-17(7-9-18-10-8-17)12-19-25(21,22)15-11-24-16(20-15)14-5-3-2-4-6-14/h2-6,11,18-19H,7-10,12-13H2,1H3. The Morgan fingerprint density at radius 2 is 2.00 bits per heavy atom. The summed E-state index contributed by atoms with van der Waals surface area (Å²) in [6, 6.07) is 9.59. The Hall–Kier alpha value is -1.32. The van der Waals surface area contributed by atoms with Gasteiger partial charge in [0.1, 0.15) is 5.01 Å². The first-order valence-corrected chi connectivity index (χ1v) is 10.6. The minimum Gasteiger partial charge on any atom is -0.384 e. The van der Waals surface area contributed by atoms with Crippen LogP contribution in [0, 0.1) is 5.41 Å². The molecule has 0 unspecified atom stereocenters. The van der Waals surface area contributed by atoms with Crippen LogP contribution in [-0.2, 0) is 14.8 Å². The van der Waals surface area contributed by atoms with Crippen LogP contribution < -0.4 is 10.0 Å². The Morgan fingerprint density at radius 1 is 1.28 bits per heavy atom. The third-order valence-electron chi connectivity index (χ3n) is 4.53. The molecule has 1 fully saturated rings. The molecule has 2 aromatic rings. The second-order valence-corrected chi connectivity index (χ2v) is 8.94. The monoisotopic (exact) mass is 381 g/mol. The number of rotatable bonds is 7. The fourth-order valence-corrected chi connectivity index (χ4v) is 5.31. The molecule has 25 heavy (non-hydrogen) atoms. The van der Waals surface area contributed by atoms with Gasteiger partial charge >= 0.3 is 0 Å². The smallest absolute Gasteiger partial charge is 0.258 e. The maximum absolute atomic E-state index is 12.6. The van der Waals surface area contributed by atoms with Crippen molar-refractivity contribution in [3.05, 3.63) is 35.7 Å². The van der Waals surface area contributed by atoms with Gasteiger partial charge in [0.2, 0.25) is 0 Å². The van der Waals surface area contributed by atoms with Crippen molar-refractivity contribution in [2.45, 2.75) is 17.9 Å². The highest BCUT2D eigenvalue weighted by Crippen LogP contribution is 2.29. The average molecular weight is 382 g/mol.